The van der Waals surface area contributed by atoms with Gasteiger partial charge in [0.05, 0.1) is 46.0 Å². The van der Waals surface area contributed by atoms with Crippen LogP contribution >= 0.6 is 0 Å². The first kappa shape index (κ1) is 34.6. The van der Waals surface area contributed by atoms with Crippen LogP contribution in [0.2, 0.25) is 0 Å². The third kappa shape index (κ3) is 14.0. The van der Waals surface area contributed by atoms with Crippen LogP contribution in [-0.4, -0.2) is 56.7 Å². The van der Waals surface area contributed by atoms with Crippen LogP contribution in [-0.2, 0) is 18.4 Å². The van der Waals surface area contributed by atoms with Gasteiger partial charge < -0.3 is 19.4 Å². The molecule has 0 fully saturated rings. The third-order valence-electron chi connectivity index (χ3n) is 7.44. The second kappa shape index (κ2) is 19.6. The average Bonchev–Trinajstić information content (AvgIpc) is 3.39. The minimum atomic E-state index is -1.50. The van der Waals surface area contributed by atoms with Gasteiger partial charge in [-0.2, -0.15) is 0 Å². The third-order valence-corrected chi connectivity index (χ3v) is 7.44. The van der Waals surface area contributed by atoms with Crippen LogP contribution in [0, 0.1) is 0 Å². The number of aromatic nitrogens is 4. The first-order valence-electron chi connectivity index (χ1n) is 15.3. The Morgan fingerprint density at radius 3 is 1.69 bits per heavy atom. The molecule has 0 amide bonds. The van der Waals surface area contributed by atoms with E-state index in [1.165, 1.54) is 134 Å². The Labute approximate surface area is 235 Å². The summed E-state index contributed by atoms with van der Waals surface area (Å²) in [4.78, 5) is 40.1. The van der Waals surface area contributed by atoms with Crippen molar-refractivity contribution >= 4 is 17.1 Å². The maximum Gasteiger partial charge on any atom is 0.332 e. The normalized spacial score (nSPS) is 11.5. The number of hydrogen-bond acceptors (Lipinski definition) is 5. The van der Waals surface area contributed by atoms with E-state index in [0.717, 1.165) is 4.57 Å². The van der Waals surface area contributed by atoms with Crippen molar-refractivity contribution in [3.8, 4) is 0 Å². The second-order valence-electron chi connectivity index (χ2n) is 11.5. The summed E-state index contributed by atoms with van der Waals surface area (Å²) in [6.45, 7) is 6.58. The fourth-order valence-corrected chi connectivity index (χ4v) is 4.92. The van der Waals surface area contributed by atoms with Crippen molar-refractivity contribution in [1.82, 2.24) is 19.1 Å². The number of unbranched alkanes of at least 4 members (excludes halogenated alkanes) is 14. The van der Waals surface area contributed by atoms with Gasteiger partial charge in [-0.15, -0.1) is 0 Å². The zero-order valence-corrected chi connectivity index (χ0v) is 25.4. The quantitative estimate of drug-likeness (QED) is 0.193. The summed E-state index contributed by atoms with van der Waals surface area (Å²) < 4.78 is 2.91. The molecular formula is C30H55N5O4. The lowest BCUT2D eigenvalue weighted by Crippen LogP contribution is -2.43. The second-order valence-corrected chi connectivity index (χ2v) is 11.5. The van der Waals surface area contributed by atoms with Gasteiger partial charge in [-0.3, -0.25) is 13.9 Å². The van der Waals surface area contributed by atoms with Crippen molar-refractivity contribution in [3.63, 3.8) is 0 Å². The summed E-state index contributed by atoms with van der Waals surface area (Å²) in [5.74, 6) is -1.50. The van der Waals surface area contributed by atoms with Gasteiger partial charge in [0, 0.05) is 7.05 Å². The van der Waals surface area contributed by atoms with Crippen molar-refractivity contribution in [3.05, 3.63) is 27.2 Å². The van der Waals surface area contributed by atoms with Gasteiger partial charge in [-0.05, 0) is 25.7 Å². The van der Waals surface area contributed by atoms with Gasteiger partial charge >= 0.3 is 5.69 Å². The number of aliphatic carboxylic acids is 1. The molecule has 0 spiro atoms. The first-order chi connectivity index (χ1) is 18.6. The van der Waals surface area contributed by atoms with Crippen molar-refractivity contribution in [2.75, 3.05) is 27.2 Å². The zero-order chi connectivity index (χ0) is 29.1. The molecule has 0 unspecified atom stereocenters. The number of fused-ring (bicyclic) bond motifs is 1. The van der Waals surface area contributed by atoms with Gasteiger partial charge in [0.1, 0.15) is 5.52 Å². The highest BCUT2D eigenvalue weighted by Crippen LogP contribution is 2.13. The maximum absolute atomic E-state index is 11.7. The molecule has 9 nitrogen and oxygen atoms in total. The topological polar surface area (TPSA) is 113 Å². The van der Waals surface area contributed by atoms with Gasteiger partial charge in [0.15, 0.2) is 5.65 Å². The number of nitrogens with one attached hydrogen (secondary N) is 1. The summed E-state index contributed by atoms with van der Waals surface area (Å²) in [7, 11) is 6.27. The molecule has 0 bridgehead atoms. The van der Waals surface area contributed by atoms with Gasteiger partial charge in [0.25, 0.3) is 5.56 Å². The molecule has 0 saturated carbocycles. The summed E-state index contributed by atoms with van der Waals surface area (Å²) in [5.41, 5.74) is -1.19. The lowest BCUT2D eigenvalue weighted by atomic mass is 10.1. The molecule has 2 aromatic heterocycles. The molecular weight excluding hydrogens is 494 g/mol. The van der Waals surface area contributed by atoms with E-state index in [4.69, 9.17) is 0 Å². The minimum absolute atomic E-state index is 0.0864. The van der Waals surface area contributed by atoms with Crippen LogP contribution in [0.4, 0.5) is 0 Å². The smallest absolute Gasteiger partial charge is 0.332 e. The maximum atomic E-state index is 11.7. The Hall–Kier alpha value is -2.42. The number of carbonyl (C=O) groups is 1. The molecule has 39 heavy (non-hydrogen) atoms. The fourth-order valence-electron chi connectivity index (χ4n) is 4.92. The number of rotatable bonds is 20. The Morgan fingerprint density at radius 2 is 1.26 bits per heavy atom. The number of aromatic amines is 1. The number of carboxylic acids is 1. The largest absolute Gasteiger partial charge is 0.548 e. The van der Waals surface area contributed by atoms with Crippen LogP contribution in [0.1, 0.15) is 117 Å². The van der Waals surface area contributed by atoms with E-state index in [0.29, 0.717) is 4.57 Å². The molecule has 1 N–H and O–H groups in total. The van der Waals surface area contributed by atoms with Crippen molar-refractivity contribution in [1.29, 1.82) is 0 Å². The van der Waals surface area contributed by atoms with Crippen LogP contribution in [0.3, 0.4) is 0 Å². The van der Waals surface area contributed by atoms with Crippen LogP contribution in [0.15, 0.2) is 15.9 Å². The van der Waals surface area contributed by atoms with E-state index < -0.39 is 23.8 Å². The highest BCUT2D eigenvalue weighted by molar-refractivity contribution is 5.69. The monoisotopic (exact) mass is 549 g/mol. The highest BCUT2D eigenvalue weighted by Gasteiger charge is 2.14. The number of nitrogens with zero attached hydrogens (tertiary/aromatic N) is 4. The number of carboxylic acid groups (broad SMARTS) is 1. The Morgan fingerprint density at radius 1 is 0.821 bits per heavy atom. The molecule has 9 heteroatoms. The van der Waals surface area contributed by atoms with E-state index in [1.54, 1.807) is 0 Å². The average molecular weight is 550 g/mol. The number of H-pyrrole nitrogens is 1. The van der Waals surface area contributed by atoms with E-state index in [-0.39, 0.29) is 11.2 Å². The summed E-state index contributed by atoms with van der Waals surface area (Å²) in [6, 6.07) is 0. The van der Waals surface area contributed by atoms with Crippen LogP contribution in [0.5, 0.6) is 0 Å². The zero-order valence-electron chi connectivity index (χ0n) is 25.4. The van der Waals surface area contributed by atoms with Crippen molar-refractivity contribution < 1.29 is 14.4 Å². The van der Waals surface area contributed by atoms with Gasteiger partial charge in [-0.1, -0.05) is 90.9 Å². The summed E-state index contributed by atoms with van der Waals surface area (Å²) >= 11 is 0. The predicted octanol–water partition coefficient (Wildman–Crippen LogP) is 4.52. The fraction of sp³-hybridized carbons (Fsp3) is 0.800. The SMILES string of the molecule is CCCCCCCCCC[N+](C)(C)CCCCCCCCCC.Cn1c(=O)n(CC(=O)[O-])c(=O)c2[nH]cnc21. The van der Waals surface area contributed by atoms with E-state index >= 15 is 0 Å². The minimum Gasteiger partial charge on any atom is -0.548 e. The van der Waals surface area contributed by atoms with E-state index in [9.17, 15) is 19.5 Å². The Balaban J connectivity index is 0.000000412. The van der Waals surface area contributed by atoms with Crippen molar-refractivity contribution in [2.45, 2.75) is 123 Å². The lowest BCUT2D eigenvalue weighted by Gasteiger charge is -2.30. The predicted molar refractivity (Wildman–Crippen MR) is 158 cm³/mol. The summed E-state index contributed by atoms with van der Waals surface area (Å²) in [5, 5.41) is 10.4. The number of quaternary nitrogens is 1. The van der Waals surface area contributed by atoms with Gasteiger partial charge in [-0.25, -0.2) is 9.78 Å². The number of hydrogen-bond donors (Lipinski definition) is 1. The molecule has 2 aromatic rings. The van der Waals surface area contributed by atoms with E-state index in [1.807, 2.05) is 0 Å². The van der Waals surface area contributed by atoms with Crippen LogP contribution < -0.4 is 16.4 Å². The van der Waals surface area contributed by atoms with Crippen LogP contribution in [0.25, 0.3) is 11.2 Å². The molecule has 0 aromatic carbocycles. The lowest BCUT2D eigenvalue weighted by molar-refractivity contribution is -0.890. The summed E-state index contributed by atoms with van der Waals surface area (Å²) in [6.07, 6.45) is 24.3. The van der Waals surface area contributed by atoms with Gasteiger partial charge in [0.2, 0.25) is 0 Å². The Bertz CT molecular complexity index is 1030. The molecule has 0 aliphatic heterocycles. The number of aryl methyl sites for hydroxylation is 1. The highest BCUT2D eigenvalue weighted by atomic mass is 16.4. The first-order valence-corrected chi connectivity index (χ1v) is 15.3. The number of imidazole rings is 1. The van der Waals surface area contributed by atoms with E-state index in [2.05, 4.69) is 37.9 Å². The molecule has 0 aliphatic rings. The molecule has 0 radical (unpaired) electrons. The molecule has 2 rings (SSSR count). The molecule has 224 valence electrons. The molecule has 0 aliphatic carbocycles. The standard InChI is InChI=1S/C22H48N.C8H8N4O4/c1-5-7-9-11-13-15-17-19-21-23(3,4)22-20-18-16-14-12-10-8-6-2;1-11-6-5(9-3-10-6)7(15)12(8(11)16)2-4(13)14/h5-22H2,1-4H3;3H,2H2,1H3,(H,9,10)(H,13,14)/q+1;/p-1. The number of carbonyl (C=O) groups excluding carboxylic acids is 1. The van der Waals surface area contributed by atoms with Crippen molar-refractivity contribution in [2.24, 2.45) is 7.05 Å². The molecule has 0 saturated heterocycles. The Kier molecular flexibility index (Phi) is 17.4. The molecule has 2 heterocycles. The molecule has 0 atom stereocenters.